The van der Waals surface area contributed by atoms with Crippen molar-refractivity contribution in [1.29, 1.82) is 0 Å². The lowest BCUT2D eigenvalue weighted by atomic mass is 9.89. The van der Waals surface area contributed by atoms with Crippen LogP contribution in [0, 0.1) is 5.92 Å². The van der Waals surface area contributed by atoms with Crippen LogP contribution in [-0.2, 0) is 4.43 Å². The number of thioether (sulfide) groups is 1. The van der Waals surface area contributed by atoms with Gasteiger partial charge in [0.15, 0.2) is 8.32 Å². The lowest BCUT2D eigenvalue weighted by molar-refractivity contribution is 0.250. The molecule has 0 aromatic heterocycles. The molecule has 0 saturated carbocycles. The topological polar surface area (TPSA) is 9.23 Å². The third kappa shape index (κ3) is 5.11. The molecule has 1 aliphatic carbocycles. The Bertz CT molecular complexity index is 450. The third-order valence-corrected chi connectivity index (χ3v) is 5.89. The molecule has 0 spiro atoms. The van der Waals surface area contributed by atoms with E-state index in [0.29, 0.717) is 11.2 Å². The molecule has 0 N–H and O–H groups in total. The van der Waals surface area contributed by atoms with Crippen LogP contribution in [0.4, 0.5) is 0 Å². The Kier molecular flexibility index (Phi) is 5.53. The van der Waals surface area contributed by atoms with Crippen LogP contribution in [0.25, 0.3) is 0 Å². The van der Waals surface area contributed by atoms with Crippen molar-refractivity contribution >= 4 is 20.1 Å². The predicted octanol–water partition coefficient (Wildman–Crippen LogP) is 5.36. The van der Waals surface area contributed by atoms with Crippen LogP contribution in [0.1, 0.15) is 19.8 Å². The second-order valence-electron chi connectivity index (χ2n) is 6.58. The van der Waals surface area contributed by atoms with Gasteiger partial charge in [0.25, 0.3) is 0 Å². The summed E-state index contributed by atoms with van der Waals surface area (Å²) in [7, 11) is -1.38. The van der Waals surface area contributed by atoms with E-state index in [2.05, 4.69) is 63.0 Å². The summed E-state index contributed by atoms with van der Waals surface area (Å²) < 4.78 is 6.08. The first-order chi connectivity index (χ1) is 9.44. The molecule has 0 aliphatic heterocycles. The quantitative estimate of drug-likeness (QED) is 0.535. The van der Waals surface area contributed by atoms with Crippen molar-refractivity contribution in [3.63, 3.8) is 0 Å². The highest BCUT2D eigenvalue weighted by Gasteiger charge is 2.23. The minimum Gasteiger partial charge on any atom is -0.417 e. The minimum atomic E-state index is -1.38. The molecule has 2 atom stereocenters. The van der Waals surface area contributed by atoms with Crippen LogP contribution in [0.2, 0.25) is 19.6 Å². The third-order valence-electron chi connectivity index (χ3n) is 3.64. The molecule has 1 aromatic carbocycles. The maximum Gasteiger partial charge on any atom is 0.183 e. The molecule has 3 heteroatoms. The van der Waals surface area contributed by atoms with Crippen LogP contribution < -0.4 is 0 Å². The van der Waals surface area contributed by atoms with Gasteiger partial charge in [-0.05, 0) is 51.5 Å². The van der Waals surface area contributed by atoms with Gasteiger partial charge in [-0.2, -0.15) is 0 Å². The van der Waals surface area contributed by atoms with Crippen LogP contribution in [-0.4, -0.2) is 20.2 Å². The number of hydrogen-bond donors (Lipinski definition) is 0. The van der Waals surface area contributed by atoms with E-state index in [9.17, 15) is 0 Å². The Morgan fingerprint density at radius 3 is 2.45 bits per heavy atom. The Morgan fingerprint density at radius 1 is 1.15 bits per heavy atom. The first-order valence-electron chi connectivity index (χ1n) is 7.48. The zero-order chi connectivity index (χ0) is 14.6. The smallest absolute Gasteiger partial charge is 0.183 e. The molecule has 2 rings (SSSR count). The Hall–Kier alpha value is -0.513. The Morgan fingerprint density at radius 2 is 1.85 bits per heavy atom. The Labute approximate surface area is 128 Å². The van der Waals surface area contributed by atoms with Gasteiger partial charge in [-0.1, -0.05) is 29.8 Å². The number of hydrogen-bond acceptors (Lipinski definition) is 2. The summed E-state index contributed by atoms with van der Waals surface area (Å²) in [5, 5.41) is 0.625. The fourth-order valence-electron chi connectivity index (χ4n) is 2.44. The minimum absolute atomic E-state index is 0.625. The van der Waals surface area contributed by atoms with Gasteiger partial charge >= 0.3 is 0 Å². The van der Waals surface area contributed by atoms with E-state index in [-0.39, 0.29) is 0 Å². The van der Waals surface area contributed by atoms with Crippen molar-refractivity contribution in [2.45, 2.75) is 49.6 Å². The predicted molar refractivity (Wildman–Crippen MR) is 91.9 cm³/mol. The van der Waals surface area contributed by atoms with E-state index < -0.39 is 8.32 Å². The second kappa shape index (κ2) is 6.97. The van der Waals surface area contributed by atoms with E-state index in [1.807, 2.05) is 11.8 Å². The van der Waals surface area contributed by atoms with Crippen molar-refractivity contribution in [2.24, 2.45) is 5.92 Å². The van der Waals surface area contributed by atoms with Gasteiger partial charge < -0.3 is 4.43 Å². The highest BCUT2D eigenvalue weighted by atomic mass is 32.2. The molecule has 1 aliphatic rings. The van der Waals surface area contributed by atoms with E-state index in [1.165, 1.54) is 23.3 Å². The van der Waals surface area contributed by atoms with E-state index >= 15 is 0 Å². The van der Waals surface area contributed by atoms with Gasteiger partial charge in [0.05, 0.1) is 0 Å². The van der Waals surface area contributed by atoms with Crippen LogP contribution >= 0.6 is 11.8 Å². The summed E-state index contributed by atoms with van der Waals surface area (Å²) in [4.78, 5) is 1.37. The highest BCUT2D eigenvalue weighted by molar-refractivity contribution is 8.00. The van der Waals surface area contributed by atoms with Gasteiger partial charge in [-0.25, -0.2) is 0 Å². The lowest BCUT2D eigenvalue weighted by Gasteiger charge is -2.29. The lowest BCUT2D eigenvalue weighted by Crippen LogP contribution is -2.30. The maximum atomic E-state index is 6.08. The summed E-state index contributed by atoms with van der Waals surface area (Å²) in [5.74, 6) is 0.634. The molecular weight excluding hydrogens is 280 g/mol. The molecule has 110 valence electrons. The van der Waals surface area contributed by atoms with E-state index in [4.69, 9.17) is 4.43 Å². The molecule has 0 amide bonds. The van der Waals surface area contributed by atoms with Crippen LogP contribution in [0.5, 0.6) is 0 Å². The monoisotopic (exact) mass is 306 g/mol. The summed E-state index contributed by atoms with van der Waals surface area (Å²) in [5.41, 5.74) is 1.52. The van der Waals surface area contributed by atoms with Crippen molar-refractivity contribution in [2.75, 3.05) is 6.61 Å². The highest BCUT2D eigenvalue weighted by Crippen LogP contribution is 2.35. The zero-order valence-electron chi connectivity index (χ0n) is 13.1. The SMILES string of the molecule is CC1=CC(Sc2ccccc2)CCC1CO[Si](C)(C)C. The molecular formula is C17H26OSSi. The molecule has 0 radical (unpaired) electrons. The maximum absolute atomic E-state index is 6.08. The normalized spacial score (nSPS) is 23.5. The van der Waals surface area contributed by atoms with Crippen molar-refractivity contribution in [3.8, 4) is 0 Å². The number of benzene rings is 1. The molecule has 2 unspecified atom stereocenters. The molecule has 1 aromatic rings. The summed E-state index contributed by atoms with van der Waals surface area (Å²) in [6.07, 6.45) is 4.98. The average molecular weight is 307 g/mol. The second-order valence-corrected chi connectivity index (χ2v) is 12.4. The molecule has 0 bridgehead atoms. The molecule has 0 heterocycles. The van der Waals surface area contributed by atoms with Crippen LogP contribution in [0.15, 0.2) is 46.9 Å². The Balaban J connectivity index is 1.90. The summed E-state index contributed by atoms with van der Waals surface area (Å²) in [6, 6.07) is 10.7. The van der Waals surface area contributed by atoms with Crippen molar-refractivity contribution in [3.05, 3.63) is 42.0 Å². The molecule has 0 saturated heterocycles. The van der Waals surface area contributed by atoms with E-state index in [0.717, 1.165) is 6.61 Å². The zero-order valence-corrected chi connectivity index (χ0v) is 14.9. The fourth-order valence-corrected chi connectivity index (χ4v) is 4.34. The van der Waals surface area contributed by atoms with Crippen LogP contribution in [0.3, 0.4) is 0 Å². The van der Waals surface area contributed by atoms with Crippen molar-refractivity contribution < 1.29 is 4.43 Å². The van der Waals surface area contributed by atoms with Gasteiger partial charge in [0.1, 0.15) is 0 Å². The standard InChI is InChI=1S/C17H26OSSi/c1-14-12-17(19-16-8-6-5-7-9-16)11-10-15(14)13-18-20(2,3)4/h5-9,12,15,17H,10-11,13H2,1-4H3. The largest absolute Gasteiger partial charge is 0.417 e. The molecule has 1 nitrogen and oxygen atoms in total. The van der Waals surface area contributed by atoms with Gasteiger partial charge in [-0.15, -0.1) is 11.8 Å². The first-order valence-corrected chi connectivity index (χ1v) is 11.8. The van der Waals surface area contributed by atoms with Crippen molar-refractivity contribution in [1.82, 2.24) is 0 Å². The van der Waals surface area contributed by atoms with E-state index in [1.54, 1.807) is 0 Å². The van der Waals surface area contributed by atoms with Gasteiger partial charge in [0.2, 0.25) is 0 Å². The van der Waals surface area contributed by atoms with Gasteiger partial charge in [0, 0.05) is 22.7 Å². The summed E-state index contributed by atoms with van der Waals surface area (Å²) in [6.45, 7) is 9.99. The summed E-state index contributed by atoms with van der Waals surface area (Å²) >= 11 is 1.99. The first kappa shape index (κ1) is 15.9. The fraction of sp³-hybridized carbons (Fsp3) is 0.529. The molecule has 20 heavy (non-hydrogen) atoms. The average Bonchev–Trinajstić information content (AvgIpc) is 2.38. The number of rotatable bonds is 5. The molecule has 0 fully saturated rings. The van der Waals surface area contributed by atoms with Gasteiger partial charge in [-0.3, -0.25) is 0 Å².